The maximum Gasteiger partial charge on any atom is 0.165 e. The number of ether oxygens (including phenoxy) is 3. The summed E-state index contributed by atoms with van der Waals surface area (Å²) in [5.74, 6) is 3.20. The average Bonchev–Trinajstić information content (AvgIpc) is 3.27. The molecule has 0 unspecified atom stereocenters. The van der Waals surface area contributed by atoms with E-state index in [9.17, 15) is 0 Å². The van der Waals surface area contributed by atoms with Crippen LogP contribution in [-0.2, 0) is 6.54 Å². The van der Waals surface area contributed by atoms with Crippen molar-refractivity contribution in [1.82, 2.24) is 14.9 Å². The van der Waals surface area contributed by atoms with Gasteiger partial charge >= 0.3 is 0 Å². The van der Waals surface area contributed by atoms with E-state index in [1.807, 2.05) is 37.4 Å². The smallest absolute Gasteiger partial charge is 0.165 e. The number of anilines is 2. The molecule has 166 valence electrons. The van der Waals surface area contributed by atoms with Crippen molar-refractivity contribution in [3.05, 3.63) is 65.6 Å². The van der Waals surface area contributed by atoms with E-state index in [1.165, 1.54) is 0 Å². The molecule has 1 atom stereocenters. The summed E-state index contributed by atoms with van der Waals surface area (Å²) in [6.07, 6.45) is 4.12. The molecule has 7 heteroatoms. The predicted molar refractivity (Wildman–Crippen MR) is 123 cm³/mol. The van der Waals surface area contributed by atoms with Gasteiger partial charge in [0.25, 0.3) is 0 Å². The van der Waals surface area contributed by atoms with Gasteiger partial charge in [0.2, 0.25) is 0 Å². The molecule has 3 aromatic rings. The van der Waals surface area contributed by atoms with E-state index in [1.54, 1.807) is 7.11 Å². The molecule has 0 amide bonds. The van der Waals surface area contributed by atoms with Crippen molar-refractivity contribution >= 4 is 11.5 Å². The van der Waals surface area contributed by atoms with Gasteiger partial charge in [-0.25, -0.2) is 4.98 Å². The highest BCUT2D eigenvalue weighted by Gasteiger charge is 2.28. The summed E-state index contributed by atoms with van der Waals surface area (Å²) >= 11 is 0. The molecule has 7 nitrogen and oxygen atoms in total. The minimum atomic E-state index is 0.277. The van der Waals surface area contributed by atoms with Crippen molar-refractivity contribution < 1.29 is 14.2 Å². The Labute approximate surface area is 188 Å². The highest BCUT2D eigenvalue weighted by Crippen LogP contribution is 2.39. The number of aromatic nitrogens is 2. The number of hydrogen-bond donors (Lipinski definition) is 1. The van der Waals surface area contributed by atoms with Crippen molar-refractivity contribution in [1.29, 1.82) is 0 Å². The second-order valence-electron chi connectivity index (χ2n) is 8.20. The molecular formula is C25H28N4O3. The second-order valence-corrected chi connectivity index (χ2v) is 8.20. The lowest BCUT2D eigenvalue weighted by atomic mass is 10.1. The van der Waals surface area contributed by atoms with Gasteiger partial charge in [-0.2, -0.15) is 0 Å². The highest BCUT2D eigenvalue weighted by atomic mass is 16.6. The van der Waals surface area contributed by atoms with Crippen LogP contribution in [0.2, 0.25) is 0 Å². The van der Waals surface area contributed by atoms with Gasteiger partial charge in [0.15, 0.2) is 11.5 Å². The number of hydrogen-bond acceptors (Lipinski definition) is 7. The van der Waals surface area contributed by atoms with Gasteiger partial charge < -0.3 is 19.5 Å². The Morgan fingerprint density at radius 3 is 2.72 bits per heavy atom. The predicted octanol–water partition coefficient (Wildman–Crippen LogP) is 4.65. The van der Waals surface area contributed by atoms with Crippen molar-refractivity contribution in [2.45, 2.75) is 32.4 Å². The van der Waals surface area contributed by atoms with Crippen LogP contribution in [0.5, 0.6) is 17.2 Å². The van der Waals surface area contributed by atoms with E-state index in [4.69, 9.17) is 19.2 Å². The average molecular weight is 433 g/mol. The second kappa shape index (κ2) is 9.04. The van der Waals surface area contributed by atoms with E-state index < -0.39 is 0 Å². The van der Waals surface area contributed by atoms with Gasteiger partial charge in [-0.05, 0) is 56.6 Å². The van der Waals surface area contributed by atoms with Crippen molar-refractivity contribution in [2.24, 2.45) is 0 Å². The molecule has 2 aromatic heterocycles. The molecule has 0 bridgehead atoms. The zero-order valence-corrected chi connectivity index (χ0v) is 18.5. The van der Waals surface area contributed by atoms with Gasteiger partial charge in [-0.1, -0.05) is 6.07 Å². The minimum absolute atomic E-state index is 0.277. The van der Waals surface area contributed by atoms with E-state index in [-0.39, 0.29) is 6.04 Å². The molecule has 1 N–H and O–H groups in total. The molecule has 5 rings (SSSR count). The summed E-state index contributed by atoms with van der Waals surface area (Å²) in [7, 11) is 1.70. The molecule has 0 radical (unpaired) electrons. The monoisotopic (exact) mass is 432 g/mol. The summed E-state index contributed by atoms with van der Waals surface area (Å²) in [4.78, 5) is 11.7. The number of nitrogens with one attached hydrogen (secondary N) is 1. The molecular weight excluding hydrogens is 404 g/mol. The summed E-state index contributed by atoms with van der Waals surface area (Å²) in [5, 5.41) is 3.33. The largest absolute Gasteiger partial charge is 0.496 e. The van der Waals surface area contributed by atoms with Crippen LogP contribution in [0.25, 0.3) is 0 Å². The zero-order valence-electron chi connectivity index (χ0n) is 18.5. The van der Waals surface area contributed by atoms with E-state index in [0.29, 0.717) is 13.2 Å². The molecule has 1 fully saturated rings. The molecule has 1 saturated heterocycles. The van der Waals surface area contributed by atoms with E-state index in [2.05, 4.69) is 33.4 Å². The maximum absolute atomic E-state index is 5.79. The summed E-state index contributed by atoms with van der Waals surface area (Å²) in [5.41, 5.74) is 4.11. The lowest BCUT2D eigenvalue weighted by molar-refractivity contribution is 0.169. The number of likely N-dealkylation sites (tertiary alicyclic amines) is 1. The Bertz CT molecular complexity index is 1090. The minimum Gasteiger partial charge on any atom is -0.496 e. The molecule has 0 spiro atoms. The third-order valence-corrected chi connectivity index (χ3v) is 5.97. The molecule has 2 aliphatic rings. The van der Waals surface area contributed by atoms with Crippen molar-refractivity contribution in [2.75, 3.05) is 32.2 Å². The number of pyridine rings is 2. The highest BCUT2D eigenvalue weighted by molar-refractivity contribution is 5.55. The Balaban J connectivity index is 1.32. The maximum atomic E-state index is 5.79. The van der Waals surface area contributed by atoms with E-state index in [0.717, 1.165) is 71.6 Å². The Morgan fingerprint density at radius 1 is 1.12 bits per heavy atom. The number of nitrogens with zero attached hydrogens (tertiary/aromatic N) is 3. The van der Waals surface area contributed by atoms with Crippen molar-refractivity contribution in [3.8, 4) is 17.2 Å². The van der Waals surface area contributed by atoms with Gasteiger partial charge in [-0.3, -0.25) is 9.88 Å². The summed E-state index contributed by atoms with van der Waals surface area (Å²) in [6.45, 7) is 4.93. The normalized spacial score (nSPS) is 17.9. The van der Waals surface area contributed by atoms with Gasteiger partial charge in [-0.15, -0.1) is 0 Å². The number of rotatable bonds is 6. The van der Waals surface area contributed by atoms with Crippen LogP contribution in [0.15, 0.2) is 48.7 Å². The van der Waals surface area contributed by atoms with Crippen LogP contribution in [0, 0.1) is 6.92 Å². The van der Waals surface area contributed by atoms with Gasteiger partial charge in [0.1, 0.15) is 24.8 Å². The topological polar surface area (TPSA) is 68.7 Å². The van der Waals surface area contributed by atoms with Crippen LogP contribution in [0.4, 0.5) is 11.5 Å². The first kappa shape index (κ1) is 20.6. The fourth-order valence-electron chi connectivity index (χ4n) is 4.43. The quantitative estimate of drug-likeness (QED) is 0.608. The van der Waals surface area contributed by atoms with Gasteiger partial charge in [0.05, 0.1) is 30.7 Å². The van der Waals surface area contributed by atoms with Crippen LogP contribution < -0.4 is 19.5 Å². The standard InChI is InChI=1S/C25H28N4O3/c1-17-5-3-7-25(27-17)28-19-8-9-20(26-15-19)21-6-4-10-29(21)16-18-13-23-24(14-22(18)30-2)32-12-11-31-23/h3,5,7-9,13-15,21H,4,6,10-12,16H2,1-2H3,(H,27,28)/t21-/m0/s1. The third kappa shape index (κ3) is 4.34. The number of fused-ring (bicyclic) bond motifs is 1. The van der Waals surface area contributed by atoms with E-state index >= 15 is 0 Å². The first-order chi connectivity index (χ1) is 15.7. The first-order valence-corrected chi connectivity index (χ1v) is 11.1. The summed E-state index contributed by atoms with van der Waals surface area (Å²) in [6, 6.07) is 14.4. The Morgan fingerprint density at radius 2 is 1.97 bits per heavy atom. The molecule has 4 heterocycles. The molecule has 2 aliphatic heterocycles. The van der Waals surface area contributed by atoms with Crippen LogP contribution in [0.1, 0.15) is 35.8 Å². The SMILES string of the molecule is COc1cc2c(cc1CN1CCC[C@H]1c1ccc(Nc3cccc(C)n3)cn1)OCCO2. The van der Waals surface area contributed by atoms with Crippen LogP contribution >= 0.6 is 0 Å². The molecule has 1 aromatic carbocycles. The summed E-state index contributed by atoms with van der Waals surface area (Å²) < 4.78 is 17.1. The zero-order chi connectivity index (χ0) is 21.9. The lowest BCUT2D eigenvalue weighted by Crippen LogP contribution is -2.24. The Hall–Kier alpha value is -3.32. The van der Waals surface area contributed by atoms with Crippen LogP contribution in [-0.4, -0.2) is 41.7 Å². The number of aryl methyl sites for hydroxylation is 1. The van der Waals surface area contributed by atoms with Gasteiger partial charge in [0, 0.05) is 23.9 Å². The molecule has 32 heavy (non-hydrogen) atoms. The fraction of sp³-hybridized carbons (Fsp3) is 0.360. The number of methoxy groups -OCH3 is 1. The third-order valence-electron chi connectivity index (χ3n) is 5.97. The lowest BCUT2D eigenvalue weighted by Gasteiger charge is -2.26. The van der Waals surface area contributed by atoms with Crippen LogP contribution in [0.3, 0.4) is 0 Å². The van der Waals surface area contributed by atoms with Crippen molar-refractivity contribution in [3.63, 3.8) is 0 Å². The number of benzene rings is 1. The molecule has 0 aliphatic carbocycles. The fourth-order valence-corrected chi connectivity index (χ4v) is 4.43. The Kier molecular flexibility index (Phi) is 5.81. The first-order valence-electron chi connectivity index (χ1n) is 11.1. The molecule has 0 saturated carbocycles.